The van der Waals surface area contributed by atoms with Crippen LogP contribution in [-0.2, 0) is 6.42 Å². The molecule has 0 saturated carbocycles. The predicted molar refractivity (Wildman–Crippen MR) is 89.3 cm³/mol. The van der Waals surface area contributed by atoms with E-state index in [2.05, 4.69) is 53.3 Å². The summed E-state index contributed by atoms with van der Waals surface area (Å²) in [6.07, 6.45) is 4.69. The highest BCUT2D eigenvalue weighted by atomic mass is 15.3. The Bertz CT molecular complexity index is 405. The van der Waals surface area contributed by atoms with E-state index in [1.165, 1.54) is 6.42 Å². The molecule has 1 unspecified atom stereocenters. The molecule has 1 aromatic heterocycles. The number of aromatic nitrogens is 2. The van der Waals surface area contributed by atoms with Crippen molar-refractivity contribution in [2.75, 3.05) is 30.4 Å². The first-order valence-electron chi connectivity index (χ1n) is 7.95. The van der Waals surface area contributed by atoms with Gasteiger partial charge < -0.3 is 15.6 Å². The number of hydrogen-bond donors (Lipinski definition) is 3. The Morgan fingerprint density at radius 2 is 1.86 bits per heavy atom. The summed E-state index contributed by atoms with van der Waals surface area (Å²) in [4.78, 5) is 10.9. The van der Waals surface area contributed by atoms with Crippen molar-refractivity contribution < 1.29 is 0 Å². The fourth-order valence-corrected chi connectivity index (χ4v) is 2.46. The van der Waals surface area contributed by atoms with E-state index in [9.17, 15) is 0 Å². The Morgan fingerprint density at radius 3 is 2.43 bits per heavy atom. The number of nitrogens with two attached hydrogens (primary N) is 1. The third-order valence-electron chi connectivity index (χ3n) is 3.82. The van der Waals surface area contributed by atoms with Crippen molar-refractivity contribution in [1.82, 2.24) is 14.9 Å². The number of nitrogens with one attached hydrogen (secondary N) is 2. The molecule has 6 nitrogen and oxygen atoms in total. The maximum Gasteiger partial charge on any atom is 0.148 e. The van der Waals surface area contributed by atoms with Gasteiger partial charge in [-0.25, -0.2) is 15.8 Å². The van der Waals surface area contributed by atoms with Gasteiger partial charge in [0.15, 0.2) is 0 Å². The second kappa shape index (κ2) is 9.52. The van der Waals surface area contributed by atoms with Crippen molar-refractivity contribution in [3.05, 3.63) is 11.9 Å². The van der Waals surface area contributed by atoms with Gasteiger partial charge in [-0.15, -0.1) is 0 Å². The monoisotopic (exact) mass is 294 g/mol. The van der Waals surface area contributed by atoms with E-state index < -0.39 is 0 Å². The van der Waals surface area contributed by atoms with Gasteiger partial charge in [0, 0.05) is 11.6 Å². The Balaban J connectivity index is 2.53. The van der Waals surface area contributed by atoms with Crippen molar-refractivity contribution in [3.63, 3.8) is 0 Å². The van der Waals surface area contributed by atoms with Crippen LogP contribution in [-0.4, -0.2) is 40.5 Å². The number of hydrazine groups is 1. The molecule has 1 aromatic rings. The van der Waals surface area contributed by atoms with E-state index in [0.717, 1.165) is 43.9 Å². The molecule has 0 spiro atoms. The normalized spacial score (nSPS) is 12.5. The summed E-state index contributed by atoms with van der Waals surface area (Å²) in [6.45, 7) is 12.1. The van der Waals surface area contributed by atoms with Gasteiger partial charge in [-0.05, 0) is 45.8 Å². The molecule has 0 aliphatic heterocycles. The molecule has 0 aliphatic carbocycles. The Labute approximate surface area is 128 Å². The number of nitrogens with zero attached hydrogens (tertiary/aromatic N) is 3. The minimum absolute atomic E-state index is 0.381. The van der Waals surface area contributed by atoms with E-state index in [1.807, 2.05) is 0 Å². The zero-order chi connectivity index (χ0) is 15.7. The average Bonchev–Trinajstić information content (AvgIpc) is 2.51. The van der Waals surface area contributed by atoms with E-state index in [1.54, 1.807) is 6.33 Å². The fraction of sp³-hybridized carbons (Fsp3) is 0.733. The fourth-order valence-electron chi connectivity index (χ4n) is 2.46. The molecule has 120 valence electrons. The minimum Gasteiger partial charge on any atom is -0.367 e. The summed E-state index contributed by atoms with van der Waals surface area (Å²) < 4.78 is 0. The minimum atomic E-state index is 0.381. The SMILES string of the molecule is CCc1c(NN)ncnc1NC(C)CCCN(CC)CC. The Hall–Kier alpha value is -1.40. The number of nitrogen functional groups attached to an aromatic ring is 1. The topological polar surface area (TPSA) is 79.1 Å². The highest BCUT2D eigenvalue weighted by molar-refractivity contribution is 5.57. The van der Waals surface area contributed by atoms with Gasteiger partial charge in [0.2, 0.25) is 0 Å². The highest BCUT2D eigenvalue weighted by Gasteiger charge is 2.11. The van der Waals surface area contributed by atoms with Gasteiger partial charge in [-0.2, -0.15) is 0 Å². The first kappa shape index (κ1) is 17.7. The maximum absolute atomic E-state index is 5.50. The second-order valence-corrected chi connectivity index (χ2v) is 5.26. The van der Waals surface area contributed by atoms with Crippen LogP contribution < -0.4 is 16.6 Å². The van der Waals surface area contributed by atoms with Crippen molar-refractivity contribution in [3.8, 4) is 0 Å². The number of rotatable bonds is 10. The van der Waals surface area contributed by atoms with E-state index in [-0.39, 0.29) is 0 Å². The van der Waals surface area contributed by atoms with Crippen molar-refractivity contribution in [1.29, 1.82) is 0 Å². The quantitative estimate of drug-likeness (QED) is 0.454. The third kappa shape index (κ3) is 5.47. The van der Waals surface area contributed by atoms with Gasteiger partial charge >= 0.3 is 0 Å². The van der Waals surface area contributed by atoms with E-state index in [4.69, 9.17) is 5.84 Å². The largest absolute Gasteiger partial charge is 0.367 e. The molecule has 0 saturated heterocycles. The molecule has 0 bridgehead atoms. The lowest BCUT2D eigenvalue weighted by molar-refractivity contribution is 0.295. The zero-order valence-corrected chi connectivity index (χ0v) is 13.8. The highest BCUT2D eigenvalue weighted by Crippen LogP contribution is 2.20. The first-order valence-corrected chi connectivity index (χ1v) is 7.95. The van der Waals surface area contributed by atoms with Crippen molar-refractivity contribution in [2.24, 2.45) is 5.84 Å². The smallest absolute Gasteiger partial charge is 0.148 e. The molecule has 1 atom stereocenters. The van der Waals surface area contributed by atoms with Crippen LogP contribution in [0.5, 0.6) is 0 Å². The predicted octanol–water partition coefficient (Wildman–Crippen LogP) is 2.25. The lowest BCUT2D eigenvalue weighted by Gasteiger charge is -2.21. The van der Waals surface area contributed by atoms with Crippen LogP contribution in [0, 0.1) is 0 Å². The van der Waals surface area contributed by atoms with Gasteiger partial charge in [0.25, 0.3) is 0 Å². The second-order valence-electron chi connectivity index (χ2n) is 5.26. The van der Waals surface area contributed by atoms with Crippen LogP contribution in [0.2, 0.25) is 0 Å². The summed E-state index contributed by atoms with van der Waals surface area (Å²) >= 11 is 0. The third-order valence-corrected chi connectivity index (χ3v) is 3.82. The summed E-state index contributed by atoms with van der Waals surface area (Å²) in [5.41, 5.74) is 3.67. The molecule has 1 heterocycles. The molecule has 0 aromatic carbocycles. The molecule has 0 radical (unpaired) electrons. The van der Waals surface area contributed by atoms with Crippen molar-refractivity contribution >= 4 is 11.6 Å². The molecular weight excluding hydrogens is 264 g/mol. The average molecular weight is 294 g/mol. The van der Waals surface area contributed by atoms with Gasteiger partial charge in [-0.1, -0.05) is 20.8 Å². The molecule has 0 aliphatic rings. The summed E-state index contributed by atoms with van der Waals surface area (Å²) in [5, 5.41) is 3.48. The standard InChI is InChI=1S/C15H30N6/c1-5-13-14(17-11-18-15(13)20-16)19-12(4)9-8-10-21(6-2)7-3/h11-12H,5-10,16H2,1-4H3,(H2,17,18,19,20). The van der Waals surface area contributed by atoms with Crippen LogP contribution in [0.15, 0.2) is 6.33 Å². The Kier molecular flexibility index (Phi) is 8.00. The maximum atomic E-state index is 5.50. The molecule has 4 N–H and O–H groups in total. The Morgan fingerprint density at radius 1 is 1.19 bits per heavy atom. The molecule has 0 fully saturated rings. The van der Waals surface area contributed by atoms with Crippen LogP contribution in [0.25, 0.3) is 0 Å². The molecule has 0 amide bonds. The zero-order valence-electron chi connectivity index (χ0n) is 13.8. The van der Waals surface area contributed by atoms with Crippen LogP contribution in [0.3, 0.4) is 0 Å². The number of anilines is 2. The lowest BCUT2D eigenvalue weighted by atomic mass is 10.1. The summed E-state index contributed by atoms with van der Waals surface area (Å²) in [6, 6.07) is 0.381. The summed E-state index contributed by atoms with van der Waals surface area (Å²) in [5.74, 6) is 7.08. The van der Waals surface area contributed by atoms with Crippen LogP contribution in [0.4, 0.5) is 11.6 Å². The molecule has 21 heavy (non-hydrogen) atoms. The van der Waals surface area contributed by atoms with Crippen LogP contribution >= 0.6 is 0 Å². The first-order chi connectivity index (χ1) is 10.2. The number of hydrogen-bond acceptors (Lipinski definition) is 6. The molecule has 1 rings (SSSR count). The van der Waals surface area contributed by atoms with Crippen molar-refractivity contribution in [2.45, 2.75) is 53.0 Å². The molecule has 6 heteroatoms. The van der Waals surface area contributed by atoms with Gasteiger partial charge in [0.1, 0.15) is 18.0 Å². The van der Waals surface area contributed by atoms with Gasteiger partial charge in [0.05, 0.1) is 0 Å². The van der Waals surface area contributed by atoms with E-state index >= 15 is 0 Å². The van der Waals surface area contributed by atoms with Crippen LogP contribution in [0.1, 0.15) is 46.1 Å². The summed E-state index contributed by atoms with van der Waals surface area (Å²) in [7, 11) is 0. The lowest BCUT2D eigenvalue weighted by Crippen LogP contribution is -2.26. The van der Waals surface area contributed by atoms with Gasteiger partial charge in [-0.3, -0.25) is 0 Å². The molecular formula is C15H30N6. The van der Waals surface area contributed by atoms with E-state index in [0.29, 0.717) is 11.9 Å².